The molecule has 0 atom stereocenters. The molecule has 0 amide bonds. The van der Waals surface area contributed by atoms with Gasteiger partial charge in [0.05, 0.1) is 0 Å². The summed E-state index contributed by atoms with van der Waals surface area (Å²) in [5, 5.41) is 11.4. The summed E-state index contributed by atoms with van der Waals surface area (Å²) in [6.07, 6.45) is -4.75. The summed E-state index contributed by atoms with van der Waals surface area (Å²) < 4.78 is 37.5. The Morgan fingerprint density at radius 2 is 2.06 bits per heavy atom. The van der Waals surface area contributed by atoms with Gasteiger partial charge in [0.2, 0.25) is 0 Å². The van der Waals surface area contributed by atoms with Crippen molar-refractivity contribution in [1.29, 1.82) is 0 Å². The third-order valence-corrected chi connectivity index (χ3v) is 2.01. The van der Waals surface area contributed by atoms with Gasteiger partial charge in [-0.25, -0.2) is 9.78 Å². The molecule has 2 rings (SSSR count). The highest BCUT2D eigenvalue weighted by atomic mass is 35.5. The first-order valence-corrected chi connectivity index (χ1v) is 4.40. The fourth-order valence-electron chi connectivity index (χ4n) is 1.06. The van der Waals surface area contributed by atoms with Gasteiger partial charge in [0.15, 0.2) is 5.69 Å². The summed E-state index contributed by atoms with van der Waals surface area (Å²) in [6, 6.07) is 0.881. The third-order valence-electron chi connectivity index (χ3n) is 1.74. The third kappa shape index (κ3) is 2.00. The maximum Gasteiger partial charge on any atom is 0.453 e. The molecule has 90 valence electrons. The normalized spacial score (nSPS) is 12.0. The first-order valence-electron chi connectivity index (χ1n) is 4.03. The summed E-state index contributed by atoms with van der Waals surface area (Å²) in [4.78, 5) is 17.0. The van der Waals surface area contributed by atoms with Crippen molar-refractivity contribution in [2.75, 3.05) is 0 Å². The zero-order chi connectivity index (χ0) is 12.8. The summed E-state index contributed by atoms with van der Waals surface area (Å²) in [7, 11) is 0. The van der Waals surface area contributed by atoms with Crippen molar-refractivity contribution in [3.63, 3.8) is 0 Å². The van der Waals surface area contributed by atoms with Gasteiger partial charge < -0.3 is 5.11 Å². The van der Waals surface area contributed by atoms with E-state index in [-0.39, 0.29) is 5.15 Å². The van der Waals surface area contributed by atoms with Crippen LogP contribution in [0.2, 0.25) is 5.15 Å². The first-order chi connectivity index (χ1) is 7.79. The molecule has 0 aliphatic rings. The fraction of sp³-hybridized carbons (Fsp3) is 0.143. The molecule has 0 radical (unpaired) electrons. The molecule has 0 saturated carbocycles. The molecule has 0 aromatic carbocycles. The van der Waals surface area contributed by atoms with Gasteiger partial charge in [-0.3, -0.25) is 0 Å². The summed E-state index contributed by atoms with van der Waals surface area (Å²) >= 11 is 5.56. The molecular weight excluding hydrogens is 265 g/mol. The Hall–Kier alpha value is -1.90. The van der Waals surface area contributed by atoms with Crippen molar-refractivity contribution < 1.29 is 23.1 Å². The van der Waals surface area contributed by atoms with E-state index in [0.717, 1.165) is 6.07 Å². The van der Waals surface area contributed by atoms with Crippen molar-refractivity contribution in [1.82, 2.24) is 19.6 Å². The van der Waals surface area contributed by atoms with Gasteiger partial charge in [0, 0.05) is 6.07 Å². The van der Waals surface area contributed by atoms with Gasteiger partial charge in [-0.2, -0.15) is 22.7 Å². The van der Waals surface area contributed by atoms with Crippen LogP contribution in [-0.4, -0.2) is 30.7 Å². The van der Waals surface area contributed by atoms with Crippen molar-refractivity contribution in [2.45, 2.75) is 6.18 Å². The molecule has 0 spiro atoms. The van der Waals surface area contributed by atoms with E-state index in [1.165, 1.54) is 0 Å². The number of hydrogen-bond donors (Lipinski definition) is 1. The number of carboxylic acid groups (broad SMARTS) is 1. The van der Waals surface area contributed by atoms with Gasteiger partial charge in [-0.15, -0.1) is 5.10 Å². The SMILES string of the molecule is O=C(O)c1cc(Cl)n2nc(C(F)(F)F)nc2n1. The highest BCUT2D eigenvalue weighted by Gasteiger charge is 2.36. The second kappa shape index (κ2) is 3.55. The zero-order valence-electron chi connectivity index (χ0n) is 7.73. The minimum Gasteiger partial charge on any atom is -0.477 e. The van der Waals surface area contributed by atoms with Crippen molar-refractivity contribution in [2.24, 2.45) is 0 Å². The van der Waals surface area contributed by atoms with E-state index >= 15 is 0 Å². The quantitative estimate of drug-likeness (QED) is 0.791. The Balaban J connectivity index is 2.69. The van der Waals surface area contributed by atoms with E-state index in [0.29, 0.717) is 4.52 Å². The molecule has 0 bridgehead atoms. The molecule has 6 nitrogen and oxygen atoms in total. The molecule has 0 saturated heterocycles. The number of carbonyl (C=O) groups is 1. The molecule has 2 heterocycles. The number of aromatic nitrogens is 4. The number of nitrogens with zero attached hydrogens (tertiary/aromatic N) is 4. The second-order valence-corrected chi connectivity index (χ2v) is 3.30. The molecule has 10 heteroatoms. The number of halogens is 4. The molecule has 2 aromatic rings. The predicted molar refractivity (Wildman–Crippen MR) is 47.8 cm³/mol. The van der Waals surface area contributed by atoms with Crippen LogP contribution in [0.5, 0.6) is 0 Å². The van der Waals surface area contributed by atoms with Crippen LogP contribution in [0.25, 0.3) is 5.78 Å². The molecule has 0 aliphatic heterocycles. The second-order valence-electron chi connectivity index (χ2n) is 2.91. The van der Waals surface area contributed by atoms with E-state index in [1.54, 1.807) is 0 Å². The van der Waals surface area contributed by atoms with Crippen LogP contribution in [0.3, 0.4) is 0 Å². The number of carboxylic acids is 1. The maximum atomic E-state index is 12.3. The average molecular weight is 267 g/mol. The van der Waals surface area contributed by atoms with Gasteiger partial charge in [0.25, 0.3) is 11.6 Å². The Kier molecular flexibility index (Phi) is 2.42. The minimum atomic E-state index is -4.75. The van der Waals surface area contributed by atoms with Crippen molar-refractivity contribution in [3.05, 3.63) is 22.7 Å². The highest BCUT2D eigenvalue weighted by Crippen LogP contribution is 2.27. The lowest BCUT2D eigenvalue weighted by Gasteiger charge is -1.97. The average Bonchev–Trinajstić information content (AvgIpc) is 2.60. The van der Waals surface area contributed by atoms with Crippen LogP contribution in [0.1, 0.15) is 16.3 Å². The van der Waals surface area contributed by atoms with Crippen LogP contribution in [0.15, 0.2) is 6.07 Å². The van der Waals surface area contributed by atoms with E-state index in [1.807, 2.05) is 0 Å². The van der Waals surface area contributed by atoms with Crippen LogP contribution < -0.4 is 0 Å². The van der Waals surface area contributed by atoms with Crippen LogP contribution in [-0.2, 0) is 6.18 Å². The van der Waals surface area contributed by atoms with Crippen molar-refractivity contribution in [3.8, 4) is 0 Å². The lowest BCUT2D eigenvalue weighted by Crippen LogP contribution is -2.07. The lowest BCUT2D eigenvalue weighted by atomic mass is 10.4. The Morgan fingerprint density at radius 1 is 1.41 bits per heavy atom. The van der Waals surface area contributed by atoms with Crippen LogP contribution in [0.4, 0.5) is 13.2 Å². The monoisotopic (exact) mass is 266 g/mol. The van der Waals surface area contributed by atoms with Gasteiger partial charge in [-0.05, 0) is 0 Å². The van der Waals surface area contributed by atoms with Crippen molar-refractivity contribution >= 4 is 23.3 Å². The molecule has 0 unspecified atom stereocenters. The molecule has 17 heavy (non-hydrogen) atoms. The van der Waals surface area contributed by atoms with Crippen LogP contribution >= 0.6 is 11.6 Å². The minimum absolute atomic E-state index is 0.324. The van der Waals surface area contributed by atoms with Gasteiger partial charge in [0.1, 0.15) is 5.15 Å². The van der Waals surface area contributed by atoms with E-state index in [4.69, 9.17) is 16.7 Å². The predicted octanol–water partition coefficient (Wildman–Crippen LogP) is 1.49. The first kappa shape index (κ1) is 11.6. The fourth-order valence-corrected chi connectivity index (χ4v) is 1.28. The standard InChI is InChI=1S/C7H2ClF3N4O2/c8-3-1-2(4(16)17)12-6-13-5(7(9,10)11)14-15(3)6/h1H,(H,16,17). The topological polar surface area (TPSA) is 80.4 Å². The molecule has 0 aliphatic carbocycles. The van der Waals surface area contributed by atoms with E-state index in [2.05, 4.69) is 15.1 Å². The van der Waals surface area contributed by atoms with Crippen LogP contribution in [0, 0.1) is 0 Å². The summed E-state index contributed by atoms with van der Waals surface area (Å²) in [6.45, 7) is 0. The highest BCUT2D eigenvalue weighted by molar-refractivity contribution is 6.30. The Bertz CT molecular complexity index is 609. The number of aromatic carboxylic acids is 1. The van der Waals surface area contributed by atoms with E-state index in [9.17, 15) is 18.0 Å². The Labute approximate surface area is 95.7 Å². The maximum absolute atomic E-state index is 12.3. The number of rotatable bonds is 1. The van der Waals surface area contributed by atoms with E-state index < -0.39 is 29.4 Å². The van der Waals surface area contributed by atoms with Gasteiger partial charge >= 0.3 is 12.1 Å². The number of alkyl halides is 3. The number of hydrogen-bond acceptors (Lipinski definition) is 4. The summed E-state index contributed by atoms with van der Waals surface area (Å²) in [5.74, 6) is -3.39. The number of fused-ring (bicyclic) bond motifs is 1. The largest absolute Gasteiger partial charge is 0.477 e. The lowest BCUT2D eigenvalue weighted by molar-refractivity contribution is -0.144. The molecule has 1 N–H and O–H groups in total. The summed E-state index contributed by atoms with van der Waals surface area (Å²) in [5.41, 5.74) is -0.511. The molecular formula is C7H2ClF3N4O2. The zero-order valence-corrected chi connectivity index (χ0v) is 8.49. The smallest absolute Gasteiger partial charge is 0.453 e. The molecule has 2 aromatic heterocycles. The molecule has 0 fully saturated rings. The van der Waals surface area contributed by atoms with Gasteiger partial charge in [-0.1, -0.05) is 11.6 Å². The Morgan fingerprint density at radius 3 is 2.59 bits per heavy atom.